The van der Waals surface area contributed by atoms with E-state index in [9.17, 15) is 4.79 Å². The molecule has 3 aromatic rings. The van der Waals surface area contributed by atoms with Crippen LogP contribution in [0.15, 0.2) is 59.0 Å². The number of ether oxygens (including phenoxy) is 1. The zero-order valence-corrected chi connectivity index (χ0v) is 14.2. The Balaban J connectivity index is 1.45. The molecule has 4 rings (SSSR count). The van der Waals surface area contributed by atoms with Gasteiger partial charge in [-0.1, -0.05) is 30.3 Å². The summed E-state index contributed by atoms with van der Waals surface area (Å²) >= 11 is 0. The van der Waals surface area contributed by atoms with E-state index in [-0.39, 0.29) is 12.5 Å². The van der Waals surface area contributed by atoms with E-state index >= 15 is 0 Å². The van der Waals surface area contributed by atoms with Crippen LogP contribution < -0.4 is 10.5 Å². The Hall–Kier alpha value is -3.28. The number of fused-ring (bicyclic) bond motifs is 1. The molecular formula is C20H19N3O3. The summed E-state index contributed by atoms with van der Waals surface area (Å²) in [5.41, 5.74) is 7.81. The highest BCUT2D eigenvalue weighted by atomic mass is 16.5. The van der Waals surface area contributed by atoms with Crippen LogP contribution in [0.4, 0.5) is 5.69 Å². The first-order chi connectivity index (χ1) is 12.7. The van der Waals surface area contributed by atoms with Crippen LogP contribution in [0.25, 0.3) is 0 Å². The second-order valence-corrected chi connectivity index (χ2v) is 6.14. The fourth-order valence-corrected chi connectivity index (χ4v) is 3.01. The maximum absolute atomic E-state index is 12.7. The molecule has 0 aliphatic carbocycles. The van der Waals surface area contributed by atoms with Crippen LogP contribution in [-0.4, -0.2) is 22.3 Å². The molecule has 0 saturated heterocycles. The molecule has 26 heavy (non-hydrogen) atoms. The lowest BCUT2D eigenvalue weighted by Gasteiger charge is -2.25. The van der Waals surface area contributed by atoms with Crippen LogP contribution in [0, 0.1) is 0 Å². The van der Waals surface area contributed by atoms with Crippen molar-refractivity contribution in [2.75, 3.05) is 12.3 Å². The average molecular weight is 349 g/mol. The minimum atomic E-state index is -0.0905. The first kappa shape index (κ1) is 16.2. The third-order valence-corrected chi connectivity index (χ3v) is 4.36. The molecule has 0 unspecified atom stereocenters. The molecule has 2 N–H and O–H groups in total. The predicted octanol–water partition coefficient (Wildman–Crippen LogP) is 3.03. The number of aromatic nitrogens is 1. The highest BCUT2D eigenvalue weighted by Crippen LogP contribution is 2.23. The first-order valence-electron chi connectivity index (χ1n) is 8.50. The number of benzene rings is 2. The minimum absolute atomic E-state index is 0.0905. The summed E-state index contributed by atoms with van der Waals surface area (Å²) in [4.78, 5) is 18.9. The number of carbonyl (C=O) groups excluding carboxylic acids is 1. The molecule has 1 aliphatic rings. The van der Waals surface area contributed by atoms with E-state index in [1.54, 1.807) is 17.0 Å². The number of hydrogen-bond acceptors (Lipinski definition) is 5. The van der Waals surface area contributed by atoms with E-state index in [1.807, 2.05) is 42.5 Å². The van der Waals surface area contributed by atoms with Crippen LogP contribution >= 0.6 is 0 Å². The van der Waals surface area contributed by atoms with Crippen LogP contribution in [0.2, 0.25) is 0 Å². The van der Waals surface area contributed by atoms with Crippen molar-refractivity contribution in [2.45, 2.75) is 19.6 Å². The van der Waals surface area contributed by atoms with E-state index in [4.69, 9.17) is 14.9 Å². The Morgan fingerprint density at radius 1 is 1.15 bits per heavy atom. The molecule has 1 aliphatic heterocycles. The van der Waals surface area contributed by atoms with E-state index in [0.29, 0.717) is 42.4 Å². The summed E-state index contributed by atoms with van der Waals surface area (Å²) in [6.07, 6.45) is 0.655. The molecule has 0 fully saturated rings. The number of oxazole rings is 1. The molecule has 1 aromatic heterocycles. The van der Waals surface area contributed by atoms with E-state index < -0.39 is 0 Å². The second-order valence-electron chi connectivity index (χ2n) is 6.14. The predicted molar refractivity (Wildman–Crippen MR) is 96.6 cm³/mol. The molecule has 0 bridgehead atoms. The highest BCUT2D eigenvalue weighted by molar-refractivity contribution is 5.99. The summed E-state index contributed by atoms with van der Waals surface area (Å²) in [6, 6.07) is 16.6. The summed E-state index contributed by atoms with van der Waals surface area (Å²) in [5.74, 6) is 1.91. The Morgan fingerprint density at radius 3 is 2.73 bits per heavy atom. The fraction of sp³-hybridized carbons (Fsp3) is 0.200. The van der Waals surface area contributed by atoms with Gasteiger partial charge in [-0.3, -0.25) is 4.79 Å². The number of carbonyl (C=O) groups is 1. The van der Waals surface area contributed by atoms with Crippen molar-refractivity contribution in [3.63, 3.8) is 0 Å². The molecule has 0 saturated carbocycles. The van der Waals surface area contributed by atoms with Crippen molar-refractivity contribution >= 4 is 11.6 Å². The van der Waals surface area contributed by atoms with Gasteiger partial charge in [0, 0.05) is 18.7 Å². The lowest BCUT2D eigenvalue weighted by atomic mass is 10.1. The maximum Gasteiger partial charge on any atom is 0.256 e. The molecule has 2 aromatic carbocycles. The largest absolute Gasteiger partial charge is 0.484 e. The molecule has 0 atom stereocenters. The van der Waals surface area contributed by atoms with Crippen LogP contribution in [0.3, 0.4) is 0 Å². The summed E-state index contributed by atoms with van der Waals surface area (Å²) < 4.78 is 11.5. The smallest absolute Gasteiger partial charge is 0.256 e. The highest BCUT2D eigenvalue weighted by Gasteiger charge is 2.27. The van der Waals surface area contributed by atoms with Gasteiger partial charge in [-0.05, 0) is 24.3 Å². The van der Waals surface area contributed by atoms with Gasteiger partial charge in [0.05, 0.1) is 17.8 Å². The van der Waals surface area contributed by atoms with Gasteiger partial charge in [-0.15, -0.1) is 0 Å². The van der Waals surface area contributed by atoms with Crippen molar-refractivity contribution in [1.82, 2.24) is 9.88 Å². The Kier molecular flexibility index (Phi) is 4.31. The van der Waals surface area contributed by atoms with Gasteiger partial charge in [0.1, 0.15) is 11.5 Å². The lowest BCUT2D eigenvalue weighted by molar-refractivity contribution is 0.0719. The number of nitrogen functional groups attached to an aromatic ring is 1. The number of para-hydroxylation sites is 2. The summed E-state index contributed by atoms with van der Waals surface area (Å²) in [5, 5.41) is 0. The van der Waals surface area contributed by atoms with Gasteiger partial charge < -0.3 is 19.8 Å². The van der Waals surface area contributed by atoms with Gasteiger partial charge in [0.25, 0.3) is 5.91 Å². The topological polar surface area (TPSA) is 81.6 Å². The fourth-order valence-electron chi connectivity index (χ4n) is 3.01. The quantitative estimate of drug-likeness (QED) is 0.732. The molecular weight excluding hydrogens is 330 g/mol. The standard InChI is InChI=1S/C20H19N3O3/c21-16-9-5-4-8-15(16)20(24)23-11-10-17-18(12-23)26-19(22-17)13-25-14-6-2-1-3-7-14/h1-9H,10-13,21H2. The maximum atomic E-state index is 12.7. The van der Waals surface area contributed by atoms with Crippen molar-refractivity contribution in [3.8, 4) is 5.75 Å². The van der Waals surface area contributed by atoms with Crippen molar-refractivity contribution < 1.29 is 13.9 Å². The molecule has 1 amide bonds. The number of nitrogens with zero attached hydrogens (tertiary/aromatic N) is 2. The van der Waals surface area contributed by atoms with Crippen molar-refractivity contribution in [3.05, 3.63) is 77.5 Å². The first-order valence-corrected chi connectivity index (χ1v) is 8.50. The second kappa shape index (κ2) is 6.92. The minimum Gasteiger partial charge on any atom is -0.484 e. The Morgan fingerprint density at radius 2 is 1.92 bits per heavy atom. The van der Waals surface area contributed by atoms with Crippen LogP contribution in [0.5, 0.6) is 5.75 Å². The summed E-state index contributed by atoms with van der Waals surface area (Å²) in [7, 11) is 0. The molecule has 6 heteroatoms. The molecule has 6 nitrogen and oxygen atoms in total. The third kappa shape index (κ3) is 3.26. The molecule has 0 spiro atoms. The number of amides is 1. The Labute approximate surface area is 151 Å². The average Bonchev–Trinajstić information content (AvgIpc) is 3.09. The van der Waals surface area contributed by atoms with Crippen LogP contribution in [-0.2, 0) is 19.6 Å². The van der Waals surface area contributed by atoms with Gasteiger partial charge in [0.15, 0.2) is 6.61 Å². The normalized spacial score (nSPS) is 13.3. The lowest BCUT2D eigenvalue weighted by Crippen LogP contribution is -2.36. The Bertz CT molecular complexity index is 921. The van der Waals surface area contributed by atoms with E-state index in [1.165, 1.54) is 0 Å². The van der Waals surface area contributed by atoms with E-state index in [2.05, 4.69) is 4.98 Å². The number of hydrogen-bond donors (Lipinski definition) is 1. The van der Waals surface area contributed by atoms with E-state index in [0.717, 1.165) is 11.4 Å². The van der Waals surface area contributed by atoms with Gasteiger partial charge >= 0.3 is 0 Å². The SMILES string of the molecule is Nc1ccccc1C(=O)N1CCc2nc(COc3ccccc3)oc2C1. The zero-order valence-electron chi connectivity index (χ0n) is 14.2. The number of nitrogens with two attached hydrogens (primary N) is 1. The number of rotatable bonds is 4. The molecule has 0 radical (unpaired) electrons. The molecule has 2 heterocycles. The zero-order chi connectivity index (χ0) is 17.9. The third-order valence-electron chi connectivity index (χ3n) is 4.36. The van der Waals surface area contributed by atoms with Gasteiger partial charge in [-0.25, -0.2) is 4.98 Å². The number of anilines is 1. The monoisotopic (exact) mass is 349 g/mol. The summed E-state index contributed by atoms with van der Waals surface area (Å²) in [6.45, 7) is 1.24. The van der Waals surface area contributed by atoms with Gasteiger partial charge in [-0.2, -0.15) is 0 Å². The molecule has 132 valence electrons. The van der Waals surface area contributed by atoms with Crippen molar-refractivity contribution in [1.29, 1.82) is 0 Å². The van der Waals surface area contributed by atoms with Crippen LogP contribution in [0.1, 0.15) is 27.7 Å². The van der Waals surface area contributed by atoms with Gasteiger partial charge in [0.2, 0.25) is 5.89 Å². The van der Waals surface area contributed by atoms with Crippen molar-refractivity contribution in [2.24, 2.45) is 0 Å².